The summed E-state index contributed by atoms with van der Waals surface area (Å²) in [6, 6.07) is 4.66. The third kappa shape index (κ3) is 8.31. The van der Waals surface area contributed by atoms with E-state index in [1.807, 2.05) is 5.94 Å². The smallest absolute Gasteiger partial charge is 0.288 e. The number of fused-ring (bicyclic) bond motifs is 1. The Morgan fingerprint density at radius 1 is 1.14 bits per heavy atom. The van der Waals surface area contributed by atoms with Crippen molar-refractivity contribution in [2.75, 3.05) is 13.1 Å². The van der Waals surface area contributed by atoms with E-state index in [9.17, 15) is 31.2 Å². The third-order valence-corrected chi connectivity index (χ3v) is 6.34. The van der Waals surface area contributed by atoms with Crippen molar-refractivity contribution in [3.05, 3.63) is 35.8 Å². The monoisotopic (exact) mass is 606 g/mol. The van der Waals surface area contributed by atoms with Crippen molar-refractivity contribution in [1.29, 1.82) is 0 Å². The molecule has 0 saturated carbocycles. The van der Waals surface area contributed by atoms with Gasteiger partial charge in [-0.1, -0.05) is 47.3 Å². The van der Waals surface area contributed by atoms with E-state index in [-0.39, 0.29) is 35.7 Å². The van der Waals surface area contributed by atoms with Crippen LogP contribution in [-0.2, 0) is 19.7 Å². The first-order valence-electron chi connectivity index (χ1n) is 10.7. The van der Waals surface area contributed by atoms with Gasteiger partial charge in [0.1, 0.15) is 11.3 Å². The van der Waals surface area contributed by atoms with Crippen molar-refractivity contribution in [1.82, 2.24) is 19.2 Å². The standard InChI is InChI=1S/C21H24Cl3F3N4O5S/c1-19(2,3)36-30(11-6-4-5-10-29-37(34,35)21(25,26)27)16(13-32)14-8-7-9-17-28-12-15(31(14)17)18(33)20(22,23)24/h7-9,12,29H,4-6,10-11H2,1-3H3. The normalized spacial score (nSPS) is 13.0. The molecule has 0 bridgehead atoms. The number of sulfonamides is 1. The van der Waals surface area contributed by atoms with Crippen LogP contribution in [0.2, 0.25) is 0 Å². The molecule has 0 fully saturated rings. The highest BCUT2D eigenvalue weighted by molar-refractivity contribution is 7.90. The zero-order valence-corrected chi connectivity index (χ0v) is 23.0. The second-order valence-electron chi connectivity index (χ2n) is 8.74. The first-order valence-corrected chi connectivity index (χ1v) is 13.4. The van der Waals surface area contributed by atoms with Crippen LogP contribution in [0.15, 0.2) is 24.4 Å². The highest BCUT2D eigenvalue weighted by Gasteiger charge is 2.45. The van der Waals surface area contributed by atoms with Crippen LogP contribution in [0.25, 0.3) is 11.3 Å². The number of Topliss-reactive ketones (excluding diaryl/α,β-unsaturated/α-hetero) is 1. The number of pyridine rings is 1. The van der Waals surface area contributed by atoms with E-state index in [1.54, 1.807) is 32.9 Å². The highest BCUT2D eigenvalue weighted by Crippen LogP contribution is 2.32. The van der Waals surface area contributed by atoms with E-state index in [0.717, 1.165) is 0 Å². The van der Waals surface area contributed by atoms with Gasteiger partial charge < -0.3 is 0 Å². The van der Waals surface area contributed by atoms with Gasteiger partial charge in [0.05, 0.1) is 17.5 Å². The molecule has 9 nitrogen and oxygen atoms in total. The maximum Gasteiger partial charge on any atom is 0.511 e. The number of ketones is 1. The second kappa shape index (κ2) is 11.9. The minimum Gasteiger partial charge on any atom is -0.288 e. The van der Waals surface area contributed by atoms with Crippen molar-refractivity contribution in [2.45, 2.75) is 54.9 Å². The predicted molar refractivity (Wildman–Crippen MR) is 133 cm³/mol. The Hall–Kier alpha value is -1.86. The average Bonchev–Trinajstić information content (AvgIpc) is 3.18. The fourth-order valence-corrected chi connectivity index (χ4v) is 4.00. The van der Waals surface area contributed by atoms with Crippen LogP contribution >= 0.6 is 34.8 Å². The minimum atomic E-state index is -5.42. The number of hydroxylamine groups is 2. The van der Waals surface area contributed by atoms with Crippen molar-refractivity contribution >= 4 is 67.9 Å². The van der Waals surface area contributed by atoms with Gasteiger partial charge in [-0.2, -0.15) is 13.2 Å². The average molecular weight is 608 g/mol. The van der Waals surface area contributed by atoms with Gasteiger partial charge in [-0.15, -0.1) is 0 Å². The van der Waals surface area contributed by atoms with E-state index in [0.29, 0.717) is 12.8 Å². The summed E-state index contributed by atoms with van der Waals surface area (Å²) < 4.78 is 60.0. The molecule has 0 unspecified atom stereocenters. The van der Waals surface area contributed by atoms with E-state index in [4.69, 9.17) is 39.6 Å². The van der Waals surface area contributed by atoms with E-state index in [1.165, 1.54) is 26.4 Å². The maximum absolute atomic E-state index is 12.7. The SMILES string of the molecule is CC(C)(C)ON(CCCCCNS(=O)(=O)C(F)(F)F)C(=C=O)c1cccc2ncc(C(=O)C(Cl)(Cl)Cl)n12. The number of carbonyl (C=O) groups is 1. The van der Waals surface area contributed by atoms with Crippen LogP contribution < -0.4 is 4.72 Å². The van der Waals surface area contributed by atoms with Crippen molar-refractivity contribution in [3.8, 4) is 0 Å². The van der Waals surface area contributed by atoms with Gasteiger partial charge in [-0.05, 0) is 45.7 Å². The lowest BCUT2D eigenvalue weighted by Gasteiger charge is -2.31. The van der Waals surface area contributed by atoms with Gasteiger partial charge in [0.25, 0.3) is 3.79 Å². The number of hydrogen-bond acceptors (Lipinski definition) is 7. The number of alkyl halides is 6. The number of halogens is 6. The molecule has 0 aliphatic carbocycles. The van der Waals surface area contributed by atoms with Crippen LogP contribution in [-0.4, -0.2) is 62.6 Å². The minimum absolute atomic E-state index is 0.0761. The molecule has 0 amide bonds. The molecule has 2 heterocycles. The molecule has 0 aliphatic rings. The number of imidazole rings is 1. The Labute approximate surface area is 226 Å². The summed E-state index contributed by atoms with van der Waals surface area (Å²) in [6.07, 6.45) is 1.89. The number of aromatic nitrogens is 2. The summed E-state index contributed by atoms with van der Waals surface area (Å²) in [5.74, 6) is 0.926. The summed E-state index contributed by atoms with van der Waals surface area (Å²) in [7, 11) is -5.42. The fraction of sp³-hybridized carbons (Fsp3) is 0.524. The van der Waals surface area contributed by atoms with Crippen LogP contribution in [0.5, 0.6) is 0 Å². The molecule has 0 saturated heterocycles. The predicted octanol–water partition coefficient (Wildman–Crippen LogP) is 4.70. The van der Waals surface area contributed by atoms with Gasteiger partial charge in [-0.3, -0.25) is 14.0 Å². The Kier molecular flexibility index (Phi) is 10.1. The van der Waals surface area contributed by atoms with Crippen LogP contribution in [0.3, 0.4) is 0 Å². The van der Waals surface area contributed by atoms with Crippen molar-refractivity contribution < 1.29 is 36.0 Å². The molecular formula is C21H24Cl3F3N4O5S. The Morgan fingerprint density at radius 2 is 1.78 bits per heavy atom. The molecule has 0 aliphatic heterocycles. The van der Waals surface area contributed by atoms with Gasteiger partial charge in [-0.25, -0.2) is 28.0 Å². The lowest BCUT2D eigenvalue weighted by Crippen LogP contribution is -2.37. The molecule has 2 aromatic heterocycles. The number of unbranched alkanes of at least 4 members (excludes halogenated alkanes) is 2. The van der Waals surface area contributed by atoms with Gasteiger partial charge in [0, 0.05) is 13.1 Å². The lowest BCUT2D eigenvalue weighted by molar-refractivity contribution is -0.190. The summed E-state index contributed by atoms with van der Waals surface area (Å²) >= 11 is 17.3. The summed E-state index contributed by atoms with van der Waals surface area (Å²) in [6.45, 7) is 4.83. The highest BCUT2D eigenvalue weighted by atomic mass is 35.6. The molecule has 1 N–H and O–H groups in total. The zero-order chi connectivity index (χ0) is 28.2. The molecule has 0 atom stereocenters. The molecule has 16 heteroatoms. The van der Waals surface area contributed by atoms with E-state index in [2.05, 4.69) is 4.98 Å². The molecule has 2 aromatic rings. The lowest BCUT2D eigenvalue weighted by atomic mass is 10.2. The largest absolute Gasteiger partial charge is 0.511 e. The third-order valence-electron chi connectivity index (χ3n) is 4.63. The molecule has 0 aromatic carbocycles. The molecule has 0 spiro atoms. The summed E-state index contributed by atoms with van der Waals surface area (Å²) in [5, 5.41) is 1.24. The fourth-order valence-electron chi connectivity index (χ4n) is 3.14. The van der Waals surface area contributed by atoms with Gasteiger partial charge >= 0.3 is 15.5 Å². The summed E-state index contributed by atoms with van der Waals surface area (Å²) in [5.41, 5.74) is -5.97. The molecule has 206 valence electrons. The van der Waals surface area contributed by atoms with Crippen LogP contribution in [0, 0.1) is 0 Å². The summed E-state index contributed by atoms with van der Waals surface area (Å²) in [4.78, 5) is 34.9. The van der Waals surface area contributed by atoms with E-state index >= 15 is 0 Å². The van der Waals surface area contributed by atoms with Crippen molar-refractivity contribution in [2.24, 2.45) is 0 Å². The molecular weight excluding hydrogens is 584 g/mol. The Balaban J connectivity index is 2.28. The number of nitrogens with one attached hydrogen (secondary N) is 1. The topological polar surface area (TPSA) is 110 Å². The van der Waals surface area contributed by atoms with Gasteiger partial charge in [0.15, 0.2) is 11.6 Å². The first-order chi connectivity index (χ1) is 16.9. The van der Waals surface area contributed by atoms with Crippen molar-refractivity contribution in [3.63, 3.8) is 0 Å². The maximum atomic E-state index is 12.7. The molecule has 37 heavy (non-hydrogen) atoms. The Morgan fingerprint density at radius 3 is 2.32 bits per heavy atom. The zero-order valence-electron chi connectivity index (χ0n) is 19.9. The van der Waals surface area contributed by atoms with Crippen LogP contribution in [0.4, 0.5) is 13.2 Å². The molecule has 2 rings (SSSR count). The number of nitrogens with zero attached hydrogens (tertiary/aromatic N) is 3. The molecule has 0 radical (unpaired) electrons. The van der Waals surface area contributed by atoms with Crippen LogP contribution in [0.1, 0.15) is 56.2 Å². The quantitative estimate of drug-likeness (QED) is 0.130. The Bertz CT molecular complexity index is 1280. The number of rotatable bonds is 11. The van der Waals surface area contributed by atoms with E-state index < -0.39 is 37.3 Å². The van der Waals surface area contributed by atoms with Gasteiger partial charge in [0.2, 0.25) is 5.78 Å². The number of hydrogen-bond donors (Lipinski definition) is 1. The first kappa shape index (κ1) is 31.4. The number of carbonyl (C=O) groups excluding carboxylic acids is 2. The second-order valence-corrected chi connectivity index (χ2v) is 12.8.